The summed E-state index contributed by atoms with van der Waals surface area (Å²) in [7, 11) is 0. The number of halogens is 1. The van der Waals surface area contributed by atoms with Crippen LogP contribution in [0.15, 0.2) is 73.3 Å². The van der Waals surface area contributed by atoms with Gasteiger partial charge < -0.3 is 14.3 Å². The summed E-state index contributed by atoms with van der Waals surface area (Å²) in [4.78, 5) is 44.3. The summed E-state index contributed by atoms with van der Waals surface area (Å²) in [5.74, 6) is -0.800. The van der Waals surface area contributed by atoms with Gasteiger partial charge in [-0.15, -0.1) is 11.3 Å². The number of ether oxygens (including phenoxy) is 1. The quantitative estimate of drug-likeness (QED) is 0.284. The highest BCUT2D eigenvalue weighted by Gasteiger charge is 2.34. The van der Waals surface area contributed by atoms with Crippen molar-refractivity contribution in [3.8, 4) is 11.3 Å². The van der Waals surface area contributed by atoms with Crippen molar-refractivity contribution in [2.45, 2.75) is 32.7 Å². The molecular formula is C28H23ClN2O6S2. The SMILES string of the molecule is CCCC1=C(C(=O)OCC)[C@H](c2cccs2)n2c(s/c(=C\c3ccc(-c4cc(C(=O)O)ccc4Cl)o3)c2=O)=N1. The molecule has 0 saturated carbocycles. The van der Waals surface area contributed by atoms with Crippen molar-refractivity contribution in [1.29, 1.82) is 0 Å². The van der Waals surface area contributed by atoms with Crippen LogP contribution in [0.25, 0.3) is 17.4 Å². The molecule has 1 atom stereocenters. The lowest BCUT2D eigenvalue weighted by molar-refractivity contribution is -0.139. The summed E-state index contributed by atoms with van der Waals surface area (Å²) < 4.78 is 13.2. The van der Waals surface area contributed by atoms with E-state index in [4.69, 9.17) is 25.7 Å². The van der Waals surface area contributed by atoms with Crippen molar-refractivity contribution in [1.82, 2.24) is 4.57 Å². The van der Waals surface area contributed by atoms with E-state index in [1.165, 1.54) is 40.9 Å². The van der Waals surface area contributed by atoms with Crippen LogP contribution in [0.3, 0.4) is 0 Å². The lowest BCUT2D eigenvalue weighted by Crippen LogP contribution is -2.39. The highest BCUT2D eigenvalue weighted by Crippen LogP contribution is 2.35. The molecule has 0 spiro atoms. The predicted molar refractivity (Wildman–Crippen MR) is 150 cm³/mol. The fourth-order valence-corrected chi connectivity index (χ4v) is 6.42. The number of fused-ring (bicyclic) bond motifs is 1. The smallest absolute Gasteiger partial charge is 0.338 e. The topological polar surface area (TPSA) is 111 Å². The maximum atomic E-state index is 13.7. The van der Waals surface area contributed by atoms with E-state index in [0.717, 1.165) is 11.3 Å². The molecular weight excluding hydrogens is 560 g/mol. The van der Waals surface area contributed by atoms with Gasteiger partial charge >= 0.3 is 11.9 Å². The molecule has 0 unspecified atom stereocenters. The van der Waals surface area contributed by atoms with Gasteiger partial charge in [-0.2, -0.15) is 0 Å². The summed E-state index contributed by atoms with van der Waals surface area (Å²) in [6.45, 7) is 3.97. The average Bonchev–Trinajstić information content (AvgIpc) is 3.66. The maximum Gasteiger partial charge on any atom is 0.338 e. The second-order valence-electron chi connectivity index (χ2n) is 8.63. The standard InChI is InChI=1S/C28H23ClN2O6S2/c1-3-6-19-23(27(35)36-4-2)24(21-7-5-12-38-21)31-25(32)22(39-28(31)30-19)14-16-9-11-20(37-16)17-13-15(26(33)34)8-10-18(17)29/h5,7-14,24H,3-4,6H2,1-2H3,(H,33,34)/b22-14-/t24-/m0/s1. The number of carbonyl (C=O) groups is 2. The summed E-state index contributed by atoms with van der Waals surface area (Å²) in [6.07, 6.45) is 2.95. The summed E-state index contributed by atoms with van der Waals surface area (Å²) >= 11 is 8.97. The Morgan fingerprint density at radius 1 is 1.23 bits per heavy atom. The average molecular weight is 583 g/mol. The molecule has 4 heterocycles. The zero-order chi connectivity index (χ0) is 27.7. The highest BCUT2D eigenvalue weighted by molar-refractivity contribution is 7.10. The number of carboxylic acid groups (broad SMARTS) is 1. The second kappa shape index (κ2) is 11.2. The molecule has 8 nitrogen and oxygen atoms in total. The molecule has 1 aliphatic rings. The first-order valence-corrected chi connectivity index (χ1v) is 14.3. The molecule has 1 N–H and O–H groups in total. The van der Waals surface area contributed by atoms with Gasteiger partial charge in [0.05, 0.1) is 33.0 Å². The van der Waals surface area contributed by atoms with Gasteiger partial charge in [-0.25, -0.2) is 14.6 Å². The van der Waals surface area contributed by atoms with Gasteiger partial charge in [0.15, 0.2) is 4.80 Å². The number of esters is 1. The molecule has 0 aliphatic carbocycles. The van der Waals surface area contributed by atoms with E-state index >= 15 is 0 Å². The molecule has 0 radical (unpaired) electrons. The van der Waals surface area contributed by atoms with E-state index in [0.29, 0.717) is 49.1 Å². The van der Waals surface area contributed by atoms with Crippen molar-refractivity contribution in [3.63, 3.8) is 0 Å². The van der Waals surface area contributed by atoms with Crippen molar-refractivity contribution in [2.75, 3.05) is 6.61 Å². The Morgan fingerprint density at radius 3 is 2.74 bits per heavy atom. The number of nitrogens with zero attached hydrogens (tertiary/aromatic N) is 2. The molecule has 1 aliphatic heterocycles. The van der Waals surface area contributed by atoms with Crippen molar-refractivity contribution in [2.24, 2.45) is 4.99 Å². The number of aromatic carboxylic acids is 1. The number of rotatable bonds is 8. The lowest BCUT2D eigenvalue weighted by Gasteiger charge is -2.24. The molecule has 0 bridgehead atoms. The number of thiophene rings is 1. The van der Waals surface area contributed by atoms with Gasteiger partial charge in [-0.1, -0.05) is 42.3 Å². The van der Waals surface area contributed by atoms with Gasteiger partial charge in [-0.3, -0.25) is 9.36 Å². The van der Waals surface area contributed by atoms with E-state index in [-0.39, 0.29) is 17.7 Å². The van der Waals surface area contributed by atoms with Crippen molar-refractivity contribution < 1.29 is 23.8 Å². The molecule has 4 aromatic rings. The predicted octanol–water partition coefficient (Wildman–Crippen LogP) is 5.25. The Kier molecular flexibility index (Phi) is 7.69. The minimum Gasteiger partial charge on any atom is -0.478 e. The number of carbonyl (C=O) groups excluding carboxylic acids is 1. The summed E-state index contributed by atoms with van der Waals surface area (Å²) in [5, 5.41) is 11.6. The van der Waals surface area contributed by atoms with Crippen LogP contribution in [0.2, 0.25) is 5.02 Å². The van der Waals surface area contributed by atoms with Crippen LogP contribution in [0.5, 0.6) is 0 Å². The van der Waals surface area contributed by atoms with Crippen molar-refractivity contribution >= 4 is 52.3 Å². The zero-order valence-electron chi connectivity index (χ0n) is 21.0. The third-order valence-electron chi connectivity index (χ3n) is 6.08. The van der Waals surface area contributed by atoms with Gasteiger partial charge in [-0.05, 0) is 55.1 Å². The number of hydrogen-bond donors (Lipinski definition) is 1. The number of allylic oxidation sites excluding steroid dienone is 1. The van der Waals surface area contributed by atoms with E-state index in [1.54, 1.807) is 29.7 Å². The van der Waals surface area contributed by atoms with Crippen LogP contribution in [0, 0.1) is 0 Å². The van der Waals surface area contributed by atoms with E-state index in [9.17, 15) is 19.5 Å². The van der Waals surface area contributed by atoms with Crippen molar-refractivity contribution in [3.05, 3.63) is 100 Å². The third kappa shape index (κ3) is 5.15. The van der Waals surface area contributed by atoms with Crippen LogP contribution in [0.1, 0.15) is 53.7 Å². The minimum absolute atomic E-state index is 0.0783. The van der Waals surface area contributed by atoms with Crippen LogP contribution in [-0.2, 0) is 9.53 Å². The Morgan fingerprint density at radius 2 is 2.05 bits per heavy atom. The number of hydrogen-bond acceptors (Lipinski definition) is 8. The Hall–Kier alpha value is -3.73. The van der Waals surface area contributed by atoms with Gasteiger partial charge in [0.2, 0.25) is 0 Å². The minimum atomic E-state index is -1.08. The van der Waals surface area contributed by atoms with Crippen LogP contribution in [0.4, 0.5) is 0 Å². The molecule has 0 saturated heterocycles. The number of carboxylic acids is 1. The lowest BCUT2D eigenvalue weighted by atomic mass is 9.99. The fourth-order valence-electron chi connectivity index (χ4n) is 4.39. The monoisotopic (exact) mass is 582 g/mol. The number of thiazole rings is 1. The van der Waals surface area contributed by atoms with Gasteiger partial charge in [0.1, 0.15) is 17.6 Å². The highest BCUT2D eigenvalue weighted by atomic mass is 35.5. The number of furan rings is 1. The maximum absolute atomic E-state index is 13.7. The largest absolute Gasteiger partial charge is 0.478 e. The molecule has 5 rings (SSSR count). The Balaban J connectivity index is 1.63. The van der Waals surface area contributed by atoms with E-state index in [2.05, 4.69) is 0 Å². The van der Waals surface area contributed by atoms with E-state index < -0.39 is 18.0 Å². The first-order chi connectivity index (χ1) is 18.8. The summed E-state index contributed by atoms with van der Waals surface area (Å²) in [6, 6.07) is 10.8. The number of aromatic nitrogens is 1. The summed E-state index contributed by atoms with van der Waals surface area (Å²) in [5.41, 5.74) is 1.20. The van der Waals surface area contributed by atoms with Gasteiger partial charge in [0, 0.05) is 16.5 Å². The second-order valence-corrected chi connectivity index (χ2v) is 11.0. The molecule has 11 heteroatoms. The Bertz CT molecular complexity index is 1780. The molecule has 0 amide bonds. The fraction of sp³-hybridized carbons (Fsp3) is 0.214. The molecule has 39 heavy (non-hydrogen) atoms. The molecule has 1 aromatic carbocycles. The van der Waals surface area contributed by atoms with Crippen LogP contribution >= 0.6 is 34.3 Å². The normalized spacial score (nSPS) is 15.3. The molecule has 0 fully saturated rings. The number of benzene rings is 1. The third-order valence-corrected chi connectivity index (χ3v) is 8.32. The van der Waals surface area contributed by atoms with Crippen LogP contribution in [-0.4, -0.2) is 28.2 Å². The Labute approximate surface area is 235 Å². The van der Waals surface area contributed by atoms with Crippen LogP contribution < -0.4 is 14.9 Å². The van der Waals surface area contributed by atoms with E-state index in [1.807, 2.05) is 24.4 Å². The zero-order valence-corrected chi connectivity index (χ0v) is 23.4. The first-order valence-electron chi connectivity index (χ1n) is 12.2. The van der Waals surface area contributed by atoms with Gasteiger partial charge in [0.25, 0.3) is 5.56 Å². The molecule has 200 valence electrons. The molecule has 3 aromatic heterocycles. The first kappa shape index (κ1) is 26.9.